The average Bonchev–Trinajstić information content (AvgIpc) is 3.26. The zero-order valence-corrected chi connectivity index (χ0v) is 17.2. The summed E-state index contributed by atoms with van der Waals surface area (Å²) in [5.74, 6) is 1.70. The number of carbonyl (C=O) groups excluding carboxylic acids is 1. The van der Waals surface area contributed by atoms with Crippen LogP contribution in [0.2, 0.25) is 0 Å². The predicted molar refractivity (Wildman–Crippen MR) is 109 cm³/mol. The van der Waals surface area contributed by atoms with Gasteiger partial charge in [-0.3, -0.25) is 4.79 Å². The van der Waals surface area contributed by atoms with Crippen LogP contribution < -0.4 is 4.74 Å². The fraction of sp³-hybridized carbons (Fsp3) is 0.250. The van der Waals surface area contributed by atoms with Crippen molar-refractivity contribution in [1.29, 1.82) is 0 Å². The third-order valence-electron chi connectivity index (χ3n) is 4.42. The highest BCUT2D eigenvalue weighted by Gasteiger charge is 2.21. The summed E-state index contributed by atoms with van der Waals surface area (Å²) in [6, 6.07) is 13.7. The van der Waals surface area contributed by atoms with E-state index in [0.717, 1.165) is 50.1 Å². The quantitative estimate of drug-likeness (QED) is 0.544. The minimum Gasteiger partial charge on any atom is -0.457 e. The number of rotatable bonds is 5. The molecule has 1 aromatic heterocycles. The molecule has 2 heterocycles. The van der Waals surface area contributed by atoms with Crippen LogP contribution >= 0.6 is 27.3 Å². The second-order valence-electron chi connectivity index (χ2n) is 6.42. The standard InChI is InChI=1S/C20H18BrN3O2S/c1-13-22-23-20(27-13)14-5-8-17(9-6-14)26-18-11-16(21)7-4-15(18)12-24-10-2-3-19(24)25/h4-9,11H,2-3,10,12H2,1H3. The van der Waals surface area contributed by atoms with Crippen LogP contribution in [0.15, 0.2) is 46.9 Å². The maximum absolute atomic E-state index is 12.0. The van der Waals surface area contributed by atoms with Crippen LogP contribution in [0.4, 0.5) is 0 Å². The normalized spacial score (nSPS) is 14.0. The molecule has 0 aliphatic carbocycles. The molecule has 5 nitrogen and oxygen atoms in total. The van der Waals surface area contributed by atoms with Crippen LogP contribution in [-0.2, 0) is 11.3 Å². The van der Waals surface area contributed by atoms with Gasteiger partial charge in [-0.1, -0.05) is 33.3 Å². The number of benzene rings is 2. The largest absolute Gasteiger partial charge is 0.457 e. The van der Waals surface area contributed by atoms with Crippen molar-refractivity contribution in [3.63, 3.8) is 0 Å². The monoisotopic (exact) mass is 443 g/mol. The molecule has 138 valence electrons. The minimum absolute atomic E-state index is 0.209. The Morgan fingerprint density at radius 1 is 1.19 bits per heavy atom. The first-order valence-electron chi connectivity index (χ1n) is 8.73. The maximum Gasteiger partial charge on any atom is 0.222 e. The molecule has 0 saturated carbocycles. The second kappa shape index (κ2) is 7.78. The Kier molecular flexibility index (Phi) is 5.22. The molecule has 0 unspecified atom stereocenters. The highest BCUT2D eigenvalue weighted by molar-refractivity contribution is 9.10. The second-order valence-corrected chi connectivity index (χ2v) is 8.52. The molecule has 4 rings (SSSR count). The van der Waals surface area contributed by atoms with E-state index in [4.69, 9.17) is 4.74 Å². The summed E-state index contributed by atoms with van der Waals surface area (Å²) >= 11 is 5.07. The Hall–Kier alpha value is -2.25. The van der Waals surface area contributed by atoms with Crippen LogP contribution in [0.25, 0.3) is 10.6 Å². The molecular formula is C20H18BrN3O2S. The Balaban J connectivity index is 1.54. The highest BCUT2D eigenvalue weighted by Crippen LogP contribution is 2.32. The lowest BCUT2D eigenvalue weighted by Gasteiger charge is -2.18. The molecule has 2 aromatic carbocycles. The number of ether oxygens (including phenoxy) is 1. The van der Waals surface area contributed by atoms with Crippen LogP contribution in [0, 0.1) is 6.92 Å². The van der Waals surface area contributed by atoms with Gasteiger partial charge in [-0.2, -0.15) is 0 Å². The van der Waals surface area contributed by atoms with Crippen LogP contribution in [0.3, 0.4) is 0 Å². The number of nitrogens with zero attached hydrogens (tertiary/aromatic N) is 3. The summed E-state index contributed by atoms with van der Waals surface area (Å²) in [4.78, 5) is 13.8. The maximum atomic E-state index is 12.0. The van der Waals surface area contributed by atoms with Gasteiger partial charge in [0.15, 0.2) is 0 Å². The summed E-state index contributed by atoms with van der Waals surface area (Å²) < 4.78 is 7.07. The van der Waals surface area contributed by atoms with E-state index < -0.39 is 0 Å². The number of hydrogen-bond acceptors (Lipinski definition) is 5. The third kappa shape index (κ3) is 4.20. The Morgan fingerprint density at radius 3 is 2.67 bits per heavy atom. The number of hydrogen-bond donors (Lipinski definition) is 0. The molecule has 0 spiro atoms. The number of carbonyl (C=O) groups is 1. The predicted octanol–water partition coefficient (Wildman–Crippen LogP) is 5.19. The summed E-state index contributed by atoms with van der Waals surface area (Å²) in [6.45, 7) is 3.33. The number of likely N-dealkylation sites (tertiary alicyclic amines) is 1. The highest BCUT2D eigenvalue weighted by atomic mass is 79.9. The Morgan fingerprint density at radius 2 is 2.00 bits per heavy atom. The van der Waals surface area contributed by atoms with Crippen LogP contribution in [-0.4, -0.2) is 27.5 Å². The zero-order valence-electron chi connectivity index (χ0n) is 14.8. The SMILES string of the molecule is Cc1nnc(-c2ccc(Oc3cc(Br)ccc3CN3CCCC3=O)cc2)s1. The summed E-state index contributed by atoms with van der Waals surface area (Å²) in [5.41, 5.74) is 2.02. The van der Waals surface area contributed by atoms with Crippen molar-refractivity contribution in [3.05, 3.63) is 57.5 Å². The smallest absolute Gasteiger partial charge is 0.222 e. The van der Waals surface area contributed by atoms with E-state index in [9.17, 15) is 4.79 Å². The van der Waals surface area contributed by atoms with Gasteiger partial charge in [0.1, 0.15) is 21.5 Å². The van der Waals surface area contributed by atoms with Gasteiger partial charge in [0, 0.05) is 35.1 Å². The number of amides is 1. The first-order valence-corrected chi connectivity index (χ1v) is 10.3. The molecular weight excluding hydrogens is 426 g/mol. The van der Waals surface area contributed by atoms with Crippen molar-refractivity contribution in [1.82, 2.24) is 15.1 Å². The molecule has 7 heteroatoms. The number of aryl methyl sites for hydroxylation is 1. The zero-order chi connectivity index (χ0) is 18.8. The van der Waals surface area contributed by atoms with Gasteiger partial charge in [0.2, 0.25) is 5.91 Å². The van der Waals surface area contributed by atoms with Gasteiger partial charge < -0.3 is 9.64 Å². The van der Waals surface area contributed by atoms with E-state index in [0.29, 0.717) is 13.0 Å². The summed E-state index contributed by atoms with van der Waals surface area (Å²) in [5, 5.41) is 10.1. The third-order valence-corrected chi connectivity index (χ3v) is 5.80. The molecule has 1 fully saturated rings. The van der Waals surface area contributed by atoms with Gasteiger partial charge in [-0.25, -0.2) is 0 Å². The van der Waals surface area contributed by atoms with Crippen molar-refractivity contribution in [2.24, 2.45) is 0 Å². The van der Waals surface area contributed by atoms with Crippen molar-refractivity contribution >= 4 is 33.2 Å². The lowest BCUT2D eigenvalue weighted by Crippen LogP contribution is -2.24. The van der Waals surface area contributed by atoms with Gasteiger partial charge >= 0.3 is 0 Å². The van der Waals surface area contributed by atoms with Gasteiger partial charge in [0.25, 0.3) is 0 Å². The van der Waals surface area contributed by atoms with Gasteiger partial charge in [-0.05, 0) is 49.7 Å². The van der Waals surface area contributed by atoms with Gasteiger partial charge in [-0.15, -0.1) is 10.2 Å². The van der Waals surface area contributed by atoms with Crippen molar-refractivity contribution in [3.8, 4) is 22.1 Å². The van der Waals surface area contributed by atoms with E-state index in [1.54, 1.807) is 11.3 Å². The summed E-state index contributed by atoms with van der Waals surface area (Å²) in [6.07, 6.45) is 1.57. The minimum atomic E-state index is 0.209. The summed E-state index contributed by atoms with van der Waals surface area (Å²) in [7, 11) is 0. The van der Waals surface area contributed by atoms with E-state index in [-0.39, 0.29) is 5.91 Å². The van der Waals surface area contributed by atoms with Crippen LogP contribution in [0.1, 0.15) is 23.4 Å². The molecule has 1 aliphatic heterocycles. The van der Waals surface area contributed by atoms with Crippen molar-refractivity contribution < 1.29 is 9.53 Å². The van der Waals surface area contributed by atoms with E-state index in [1.807, 2.05) is 54.3 Å². The fourth-order valence-corrected chi connectivity index (χ4v) is 4.07. The molecule has 0 N–H and O–H groups in total. The molecule has 1 aliphatic rings. The van der Waals surface area contributed by atoms with E-state index in [2.05, 4.69) is 26.1 Å². The molecule has 1 saturated heterocycles. The van der Waals surface area contributed by atoms with Crippen molar-refractivity contribution in [2.45, 2.75) is 26.3 Å². The molecule has 1 amide bonds. The Bertz CT molecular complexity index is 972. The van der Waals surface area contributed by atoms with Crippen LogP contribution in [0.5, 0.6) is 11.5 Å². The molecule has 0 radical (unpaired) electrons. The Labute approximate surface area is 170 Å². The first kappa shape index (κ1) is 18.1. The molecule has 3 aromatic rings. The number of aromatic nitrogens is 2. The van der Waals surface area contributed by atoms with Gasteiger partial charge in [0.05, 0.1) is 0 Å². The molecule has 0 atom stereocenters. The number of halogens is 1. The van der Waals surface area contributed by atoms with E-state index in [1.165, 1.54) is 0 Å². The molecule has 27 heavy (non-hydrogen) atoms. The lowest BCUT2D eigenvalue weighted by molar-refractivity contribution is -0.128. The first-order chi connectivity index (χ1) is 13.1. The average molecular weight is 444 g/mol. The molecule has 0 bridgehead atoms. The topological polar surface area (TPSA) is 55.3 Å². The fourth-order valence-electron chi connectivity index (χ4n) is 3.04. The van der Waals surface area contributed by atoms with Crippen molar-refractivity contribution in [2.75, 3.05) is 6.54 Å². The lowest BCUT2D eigenvalue weighted by atomic mass is 10.2. The van der Waals surface area contributed by atoms with E-state index >= 15 is 0 Å².